The molecule has 0 bridgehead atoms. The van der Waals surface area contributed by atoms with Crippen molar-refractivity contribution in [2.75, 3.05) is 11.4 Å². The van der Waals surface area contributed by atoms with Crippen LogP contribution in [0.15, 0.2) is 18.5 Å². The molecule has 3 heterocycles. The molecule has 2 saturated heterocycles. The molecule has 16 heavy (non-hydrogen) atoms. The number of piperidine rings is 1. The molecule has 5 nitrogen and oxygen atoms in total. The van der Waals surface area contributed by atoms with E-state index in [1.165, 1.54) is 0 Å². The van der Waals surface area contributed by atoms with E-state index in [1.807, 2.05) is 6.07 Å². The highest BCUT2D eigenvalue weighted by Gasteiger charge is 2.39. The molecule has 2 atom stereocenters. The molecule has 3 rings (SSSR count). The molecule has 5 heteroatoms. The van der Waals surface area contributed by atoms with Crippen molar-refractivity contribution in [2.45, 2.75) is 31.3 Å². The van der Waals surface area contributed by atoms with Gasteiger partial charge in [0.25, 0.3) is 0 Å². The average Bonchev–Trinajstić information content (AvgIpc) is 2.73. The zero-order valence-electron chi connectivity index (χ0n) is 8.97. The first kappa shape index (κ1) is 9.57. The molecule has 1 aromatic heterocycles. The Hall–Kier alpha value is -1.65. The molecular formula is C11H14N4O. The molecule has 2 aliphatic rings. The van der Waals surface area contributed by atoms with E-state index in [1.54, 1.807) is 12.4 Å². The Morgan fingerprint density at radius 2 is 2.12 bits per heavy atom. The number of rotatable bonds is 1. The van der Waals surface area contributed by atoms with Crippen molar-refractivity contribution < 1.29 is 4.79 Å². The number of hydrogen-bond donors (Lipinski definition) is 1. The molecule has 2 aliphatic heterocycles. The smallest absolute Gasteiger partial charge is 0.225 e. The molecule has 0 spiro atoms. The van der Waals surface area contributed by atoms with Crippen LogP contribution in [0.3, 0.4) is 0 Å². The Labute approximate surface area is 93.9 Å². The van der Waals surface area contributed by atoms with Crippen LogP contribution in [0.1, 0.15) is 19.3 Å². The highest BCUT2D eigenvalue weighted by molar-refractivity contribution is 5.77. The van der Waals surface area contributed by atoms with Gasteiger partial charge >= 0.3 is 0 Å². The second-order valence-electron chi connectivity index (χ2n) is 4.31. The number of carbonyl (C=O) groups excluding carboxylic acids is 1. The van der Waals surface area contributed by atoms with Crippen molar-refractivity contribution in [3.8, 4) is 0 Å². The zero-order valence-corrected chi connectivity index (χ0v) is 8.97. The molecule has 0 aliphatic carbocycles. The fraction of sp³-hybridized carbons (Fsp3) is 0.545. The number of anilines is 1. The van der Waals surface area contributed by atoms with Gasteiger partial charge in [0.05, 0.1) is 12.1 Å². The van der Waals surface area contributed by atoms with Gasteiger partial charge in [-0.2, -0.15) is 0 Å². The minimum Gasteiger partial charge on any atom is -0.351 e. The number of carbonyl (C=O) groups is 1. The molecule has 0 saturated carbocycles. The van der Waals surface area contributed by atoms with Crippen LogP contribution in [-0.2, 0) is 4.79 Å². The second-order valence-corrected chi connectivity index (χ2v) is 4.31. The van der Waals surface area contributed by atoms with Gasteiger partial charge in [-0.05, 0) is 18.9 Å². The standard InChI is InChI=1S/C11H14N4O/c16-10-3-2-9-8(14-10)4-7-15(9)11-12-5-1-6-13-11/h1,5-6,8-9H,2-4,7H2,(H,14,16)/t8-,9+/m1/s1. The highest BCUT2D eigenvalue weighted by Crippen LogP contribution is 2.28. The number of fused-ring (bicyclic) bond motifs is 1. The van der Waals surface area contributed by atoms with Crippen LogP contribution in [-0.4, -0.2) is 34.5 Å². The molecule has 1 N–H and O–H groups in total. The molecule has 0 unspecified atom stereocenters. The first-order chi connectivity index (χ1) is 7.84. The fourth-order valence-electron chi connectivity index (χ4n) is 2.62. The molecular weight excluding hydrogens is 204 g/mol. The van der Waals surface area contributed by atoms with Gasteiger partial charge in [-0.15, -0.1) is 0 Å². The topological polar surface area (TPSA) is 58.1 Å². The predicted molar refractivity (Wildman–Crippen MR) is 58.9 cm³/mol. The minimum atomic E-state index is 0.178. The predicted octanol–water partition coefficient (Wildman–Crippen LogP) is 0.334. The average molecular weight is 218 g/mol. The normalized spacial score (nSPS) is 28.8. The summed E-state index contributed by atoms with van der Waals surface area (Å²) in [6.07, 6.45) is 6.04. The third-order valence-corrected chi connectivity index (χ3v) is 3.37. The number of amides is 1. The Bertz CT molecular complexity index is 394. The maximum absolute atomic E-state index is 11.3. The number of nitrogens with zero attached hydrogens (tertiary/aromatic N) is 3. The van der Waals surface area contributed by atoms with Crippen molar-refractivity contribution in [3.05, 3.63) is 18.5 Å². The summed E-state index contributed by atoms with van der Waals surface area (Å²) in [7, 11) is 0. The van der Waals surface area contributed by atoms with Crippen LogP contribution in [0.2, 0.25) is 0 Å². The van der Waals surface area contributed by atoms with Gasteiger partial charge < -0.3 is 10.2 Å². The summed E-state index contributed by atoms with van der Waals surface area (Å²) in [5.74, 6) is 0.961. The number of nitrogens with one attached hydrogen (secondary N) is 1. The Balaban J connectivity index is 1.82. The summed E-state index contributed by atoms with van der Waals surface area (Å²) in [4.78, 5) is 22.0. The van der Waals surface area contributed by atoms with Crippen molar-refractivity contribution in [2.24, 2.45) is 0 Å². The monoisotopic (exact) mass is 218 g/mol. The van der Waals surface area contributed by atoms with E-state index in [0.717, 1.165) is 25.3 Å². The van der Waals surface area contributed by atoms with Gasteiger partial charge in [-0.25, -0.2) is 9.97 Å². The summed E-state index contributed by atoms with van der Waals surface area (Å²) in [5.41, 5.74) is 0. The Kier molecular flexibility index (Phi) is 2.23. The van der Waals surface area contributed by atoms with Gasteiger partial charge in [0.1, 0.15) is 0 Å². The lowest BCUT2D eigenvalue weighted by Gasteiger charge is -2.31. The largest absolute Gasteiger partial charge is 0.351 e. The van der Waals surface area contributed by atoms with E-state index in [-0.39, 0.29) is 11.9 Å². The van der Waals surface area contributed by atoms with Crippen molar-refractivity contribution >= 4 is 11.9 Å². The SMILES string of the molecule is O=C1CC[C@H]2[C@@H](CCN2c2ncccn2)N1. The maximum atomic E-state index is 11.3. The zero-order chi connectivity index (χ0) is 11.0. The first-order valence-corrected chi connectivity index (χ1v) is 5.67. The van der Waals surface area contributed by atoms with Crippen LogP contribution in [0.4, 0.5) is 5.95 Å². The Morgan fingerprint density at radius 3 is 2.94 bits per heavy atom. The summed E-state index contributed by atoms with van der Waals surface area (Å²) in [5, 5.41) is 3.04. The molecule has 1 amide bonds. The van der Waals surface area contributed by atoms with Crippen molar-refractivity contribution in [1.29, 1.82) is 0 Å². The van der Waals surface area contributed by atoms with Gasteiger partial charge in [0.15, 0.2) is 0 Å². The van der Waals surface area contributed by atoms with E-state index < -0.39 is 0 Å². The lowest BCUT2D eigenvalue weighted by molar-refractivity contribution is -0.123. The van der Waals surface area contributed by atoms with Crippen molar-refractivity contribution in [1.82, 2.24) is 15.3 Å². The molecule has 2 fully saturated rings. The van der Waals surface area contributed by atoms with Crippen molar-refractivity contribution in [3.63, 3.8) is 0 Å². The minimum absolute atomic E-state index is 0.178. The molecule has 1 aromatic rings. The lowest BCUT2D eigenvalue weighted by Crippen LogP contribution is -2.49. The summed E-state index contributed by atoms with van der Waals surface area (Å²) in [6.45, 7) is 0.930. The maximum Gasteiger partial charge on any atom is 0.225 e. The Morgan fingerprint density at radius 1 is 1.31 bits per heavy atom. The first-order valence-electron chi connectivity index (χ1n) is 5.67. The molecule has 84 valence electrons. The molecule has 0 aromatic carbocycles. The molecule has 0 radical (unpaired) electrons. The van der Waals surface area contributed by atoms with E-state index in [2.05, 4.69) is 20.2 Å². The van der Waals surface area contributed by atoms with E-state index in [0.29, 0.717) is 12.5 Å². The summed E-state index contributed by atoms with van der Waals surface area (Å²) < 4.78 is 0. The highest BCUT2D eigenvalue weighted by atomic mass is 16.1. The van der Waals surface area contributed by atoms with Gasteiger partial charge in [-0.1, -0.05) is 0 Å². The number of hydrogen-bond acceptors (Lipinski definition) is 4. The summed E-state index contributed by atoms with van der Waals surface area (Å²) in [6, 6.07) is 2.48. The van der Waals surface area contributed by atoms with Crippen LogP contribution >= 0.6 is 0 Å². The third kappa shape index (κ3) is 1.52. The van der Waals surface area contributed by atoms with E-state index in [4.69, 9.17) is 0 Å². The third-order valence-electron chi connectivity index (χ3n) is 3.37. The second kappa shape index (κ2) is 3.73. The quantitative estimate of drug-likeness (QED) is 0.738. The number of aromatic nitrogens is 2. The van der Waals surface area contributed by atoms with E-state index >= 15 is 0 Å². The van der Waals surface area contributed by atoms with Crippen LogP contribution in [0.5, 0.6) is 0 Å². The van der Waals surface area contributed by atoms with Gasteiger partial charge in [0.2, 0.25) is 11.9 Å². The van der Waals surface area contributed by atoms with Gasteiger partial charge in [-0.3, -0.25) is 4.79 Å². The van der Waals surface area contributed by atoms with Crippen LogP contribution in [0.25, 0.3) is 0 Å². The summed E-state index contributed by atoms with van der Waals surface area (Å²) >= 11 is 0. The van der Waals surface area contributed by atoms with Crippen LogP contribution in [0, 0.1) is 0 Å². The van der Waals surface area contributed by atoms with E-state index in [9.17, 15) is 4.79 Å². The fourth-order valence-corrected chi connectivity index (χ4v) is 2.62. The lowest BCUT2D eigenvalue weighted by atomic mass is 9.99. The van der Waals surface area contributed by atoms with Crippen LogP contribution < -0.4 is 10.2 Å². The van der Waals surface area contributed by atoms with Gasteiger partial charge in [0, 0.05) is 25.4 Å².